The van der Waals surface area contributed by atoms with E-state index in [9.17, 15) is 0 Å². The third-order valence-corrected chi connectivity index (χ3v) is 3.54. The van der Waals surface area contributed by atoms with Crippen LogP contribution in [0.5, 0.6) is 0 Å². The molecule has 2 heterocycles. The van der Waals surface area contributed by atoms with Gasteiger partial charge in [0.1, 0.15) is 5.52 Å². The van der Waals surface area contributed by atoms with Crippen LogP contribution >= 0.6 is 0 Å². The van der Waals surface area contributed by atoms with Gasteiger partial charge in [-0.05, 0) is 17.9 Å². The van der Waals surface area contributed by atoms with Crippen LogP contribution < -0.4 is 11.1 Å². The van der Waals surface area contributed by atoms with Crippen LogP contribution in [0.3, 0.4) is 0 Å². The lowest BCUT2D eigenvalue weighted by molar-refractivity contribution is 0.705. The smallest absolute Gasteiger partial charge is 0.224 e. The number of nitrogen functional groups attached to an aromatic ring is 1. The molecule has 0 spiro atoms. The average molecular weight is 282 g/mol. The van der Waals surface area contributed by atoms with Crippen LogP contribution in [-0.2, 0) is 0 Å². The van der Waals surface area contributed by atoms with Gasteiger partial charge in [-0.3, -0.25) is 0 Å². The van der Waals surface area contributed by atoms with E-state index in [1.165, 1.54) is 5.56 Å². The summed E-state index contributed by atoms with van der Waals surface area (Å²) in [6, 6.07) is 10.5. The van der Waals surface area contributed by atoms with Gasteiger partial charge in [-0.15, -0.1) is 0 Å². The molecule has 1 atom stereocenters. The molecule has 0 saturated carbocycles. The van der Waals surface area contributed by atoms with Crippen LogP contribution in [0.15, 0.2) is 36.7 Å². The minimum absolute atomic E-state index is 0.230. The third kappa shape index (κ3) is 2.94. The molecule has 0 aliphatic carbocycles. The Bertz CT molecular complexity index is 721. The zero-order chi connectivity index (χ0) is 14.7. The molecule has 3 aromatic rings. The maximum Gasteiger partial charge on any atom is 0.224 e. The van der Waals surface area contributed by atoms with Crippen molar-refractivity contribution >= 4 is 22.9 Å². The van der Waals surface area contributed by atoms with Crippen LogP contribution in [-0.4, -0.2) is 26.5 Å². The first-order valence-electron chi connectivity index (χ1n) is 6.99. The number of aromatic amines is 1. The Labute approximate surface area is 122 Å². The highest BCUT2D eigenvalue weighted by Crippen LogP contribution is 2.20. The molecule has 0 bridgehead atoms. The molecule has 108 valence electrons. The lowest BCUT2D eigenvalue weighted by Gasteiger charge is -2.13. The molecular weight excluding hydrogens is 264 g/mol. The minimum Gasteiger partial charge on any atom is -0.368 e. The molecule has 0 aliphatic rings. The van der Waals surface area contributed by atoms with Gasteiger partial charge in [-0.25, -0.2) is 4.98 Å². The van der Waals surface area contributed by atoms with Crippen molar-refractivity contribution < 1.29 is 0 Å². The van der Waals surface area contributed by atoms with Gasteiger partial charge in [0.2, 0.25) is 5.95 Å². The molecule has 1 aromatic carbocycles. The van der Waals surface area contributed by atoms with E-state index in [0.29, 0.717) is 17.4 Å². The standard InChI is InChI=1S/C15H18N6/c1-10(11-5-3-2-4-6-11)7-8-17-13-12-14(19-9-18-12)21-15(16)20-13/h2-6,9-10H,7-8H2,1H3,(H4,16,17,18,19,20,21). The van der Waals surface area contributed by atoms with Gasteiger partial charge in [0.05, 0.1) is 6.33 Å². The number of H-pyrrole nitrogens is 1. The number of hydrogen-bond donors (Lipinski definition) is 3. The maximum absolute atomic E-state index is 5.69. The largest absolute Gasteiger partial charge is 0.368 e. The molecular formula is C15H18N6. The number of rotatable bonds is 5. The number of hydrogen-bond acceptors (Lipinski definition) is 5. The second-order valence-electron chi connectivity index (χ2n) is 5.06. The molecule has 4 N–H and O–H groups in total. The quantitative estimate of drug-likeness (QED) is 0.668. The van der Waals surface area contributed by atoms with Crippen molar-refractivity contribution in [3.8, 4) is 0 Å². The third-order valence-electron chi connectivity index (χ3n) is 3.54. The molecule has 6 heteroatoms. The van der Waals surface area contributed by atoms with Gasteiger partial charge < -0.3 is 16.0 Å². The van der Waals surface area contributed by atoms with Crippen LogP contribution in [0.4, 0.5) is 11.8 Å². The Hall–Kier alpha value is -2.63. The van der Waals surface area contributed by atoms with Crippen molar-refractivity contribution in [3.63, 3.8) is 0 Å². The summed E-state index contributed by atoms with van der Waals surface area (Å²) in [4.78, 5) is 15.4. The number of imidazole rings is 1. The van der Waals surface area contributed by atoms with Crippen LogP contribution in [0.25, 0.3) is 11.2 Å². The van der Waals surface area contributed by atoms with Crippen molar-refractivity contribution in [2.24, 2.45) is 0 Å². The average Bonchev–Trinajstić information content (AvgIpc) is 2.96. The van der Waals surface area contributed by atoms with Crippen LogP contribution in [0.1, 0.15) is 24.8 Å². The first-order chi connectivity index (χ1) is 10.2. The van der Waals surface area contributed by atoms with E-state index in [1.54, 1.807) is 6.33 Å². The number of nitrogens with one attached hydrogen (secondary N) is 2. The molecule has 0 aliphatic heterocycles. The fourth-order valence-electron chi connectivity index (χ4n) is 2.33. The summed E-state index contributed by atoms with van der Waals surface area (Å²) in [5.74, 6) is 1.42. The van der Waals surface area contributed by atoms with Gasteiger partial charge in [-0.2, -0.15) is 9.97 Å². The van der Waals surface area contributed by atoms with Gasteiger partial charge in [-0.1, -0.05) is 37.3 Å². The topological polar surface area (TPSA) is 92.5 Å². The summed E-state index contributed by atoms with van der Waals surface area (Å²) in [5.41, 5.74) is 8.40. The highest BCUT2D eigenvalue weighted by atomic mass is 15.1. The molecule has 0 amide bonds. The molecule has 0 fully saturated rings. The Morgan fingerprint density at radius 2 is 2.05 bits per heavy atom. The summed E-state index contributed by atoms with van der Waals surface area (Å²) in [6.07, 6.45) is 2.60. The molecule has 6 nitrogen and oxygen atoms in total. The Morgan fingerprint density at radius 3 is 2.86 bits per heavy atom. The van der Waals surface area contributed by atoms with E-state index in [4.69, 9.17) is 5.73 Å². The van der Waals surface area contributed by atoms with E-state index in [0.717, 1.165) is 18.5 Å². The van der Waals surface area contributed by atoms with E-state index < -0.39 is 0 Å². The zero-order valence-corrected chi connectivity index (χ0v) is 11.9. The second kappa shape index (κ2) is 5.78. The van der Waals surface area contributed by atoms with Crippen molar-refractivity contribution in [3.05, 3.63) is 42.2 Å². The van der Waals surface area contributed by atoms with Gasteiger partial charge in [0.25, 0.3) is 0 Å². The van der Waals surface area contributed by atoms with Crippen molar-refractivity contribution in [1.29, 1.82) is 0 Å². The fourth-order valence-corrected chi connectivity index (χ4v) is 2.33. The SMILES string of the molecule is CC(CCNc1nc(N)nc2nc[nH]c12)c1ccccc1. The molecule has 0 saturated heterocycles. The summed E-state index contributed by atoms with van der Waals surface area (Å²) >= 11 is 0. The lowest BCUT2D eigenvalue weighted by Crippen LogP contribution is -2.09. The first kappa shape index (κ1) is 13.4. The summed E-state index contributed by atoms with van der Waals surface area (Å²) in [7, 11) is 0. The molecule has 21 heavy (non-hydrogen) atoms. The number of aromatic nitrogens is 4. The van der Waals surface area contributed by atoms with Crippen LogP contribution in [0, 0.1) is 0 Å². The number of fused-ring (bicyclic) bond motifs is 1. The highest BCUT2D eigenvalue weighted by molar-refractivity contribution is 5.83. The maximum atomic E-state index is 5.69. The van der Waals surface area contributed by atoms with Crippen molar-refractivity contribution in [2.45, 2.75) is 19.3 Å². The van der Waals surface area contributed by atoms with Crippen molar-refractivity contribution in [2.75, 3.05) is 17.6 Å². The number of nitrogens with two attached hydrogens (primary N) is 1. The predicted octanol–water partition coefficient (Wildman–Crippen LogP) is 2.54. The monoisotopic (exact) mass is 282 g/mol. The minimum atomic E-state index is 0.230. The normalized spacial score (nSPS) is 12.4. The van der Waals surface area contributed by atoms with Gasteiger partial charge in [0.15, 0.2) is 11.5 Å². The van der Waals surface area contributed by atoms with E-state index in [1.807, 2.05) is 6.07 Å². The Morgan fingerprint density at radius 1 is 1.24 bits per heavy atom. The van der Waals surface area contributed by atoms with E-state index in [2.05, 4.69) is 56.4 Å². The van der Waals surface area contributed by atoms with Gasteiger partial charge >= 0.3 is 0 Å². The van der Waals surface area contributed by atoms with E-state index in [-0.39, 0.29) is 5.95 Å². The van der Waals surface area contributed by atoms with Crippen LogP contribution in [0.2, 0.25) is 0 Å². The van der Waals surface area contributed by atoms with Gasteiger partial charge in [0, 0.05) is 6.54 Å². The first-order valence-corrected chi connectivity index (χ1v) is 6.99. The molecule has 0 radical (unpaired) electrons. The summed E-state index contributed by atoms with van der Waals surface area (Å²) in [6.45, 7) is 3.03. The second-order valence-corrected chi connectivity index (χ2v) is 5.06. The summed E-state index contributed by atoms with van der Waals surface area (Å²) < 4.78 is 0. The number of benzene rings is 1. The van der Waals surface area contributed by atoms with Crippen molar-refractivity contribution in [1.82, 2.24) is 19.9 Å². The molecule has 1 unspecified atom stereocenters. The molecule has 2 aromatic heterocycles. The Balaban J connectivity index is 1.66. The zero-order valence-electron chi connectivity index (χ0n) is 11.9. The predicted molar refractivity (Wildman–Crippen MR) is 84.1 cm³/mol. The Kier molecular flexibility index (Phi) is 3.68. The number of anilines is 2. The fraction of sp³-hybridized carbons (Fsp3) is 0.267. The number of nitrogens with zero attached hydrogens (tertiary/aromatic N) is 3. The highest BCUT2D eigenvalue weighted by Gasteiger charge is 2.09. The lowest BCUT2D eigenvalue weighted by atomic mass is 9.98. The van der Waals surface area contributed by atoms with E-state index >= 15 is 0 Å². The molecule has 3 rings (SSSR count). The summed E-state index contributed by atoms with van der Waals surface area (Å²) in [5, 5.41) is 3.31.